The smallest absolute Gasteiger partial charge is 0.296 e. The number of hydrogen-bond acceptors (Lipinski definition) is 6. The van der Waals surface area contributed by atoms with Gasteiger partial charge in [-0.3, -0.25) is 14.4 Å². The molecule has 1 fully saturated rings. The first kappa shape index (κ1) is 18.5. The van der Waals surface area contributed by atoms with Crippen LogP contribution in [0.4, 0.5) is 5.69 Å². The molecule has 1 saturated heterocycles. The van der Waals surface area contributed by atoms with Gasteiger partial charge in [0.15, 0.2) is 5.76 Å². The van der Waals surface area contributed by atoms with Gasteiger partial charge in [-0.2, -0.15) is 0 Å². The van der Waals surface area contributed by atoms with Crippen molar-refractivity contribution in [2.75, 3.05) is 44.7 Å². The van der Waals surface area contributed by atoms with Crippen LogP contribution in [0, 0.1) is 0 Å². The van der Waals surface area contributed by atoms with Crippen molar-refractivity contribution in [2.24, 2.45) is 0 Å². The molecule has 1 aromatic carbocycles. The molecule has 142 valence electrons. The number of furan rings is 1. The fourth-order valence-electron chi connectivity index (χ4n) is 2.96. The van der Waals surface area contributed by atoms with E-state index in [4.69, 9.17) is 9.15 Å². The summed E-state index contributed by atoms with van der Waals surface area (Å²) >= 11 is 0. The number of carbonyl (C=O) groups is 3. The van der Waals surface area contributed by atoms with Crippen LogP contribution in [0.3, 0.4) is 0 Å². The number of ether oxygens (including phenoxy) is 1. The van der Waals surface area contributed by atoms with E-state index in [9.17, 15) is 14.4 Å². The number of nitrogens with one attached hydrogen (secondary N) is 1. The molecule has 0 radical (unpaired) electrons. The second kappa shape index (κ2) is 8.39. The molecule has 0 atom stereocenters. The maximum absolute atomic E-state index is 12.3. The number of amides is 2. The molecule has 0 bridgehead atoms. The van der Waals surface area contributed by atoms with E-state index in [-0.39, 0.29) is 18.2 Å². The Hall–Kier alpha value is -3.29. The second-order valence-electron chi connectivity index (χ2n) is 6.03. The minimum Gasteiger partial charge on any atom is -0.495 e. The molecular formula is C19H21N3O5. The number of piperazine rings is 1. The molecule has 1 N–H and O–H groups in total. The summed E-state index contributed by atoms with van der Waals surface area (Å²) in [5, 5.41) is 2.36. The zero-order valence-corrected chi connectivity index (χ0v) is 15.0. The first-order valence-corrected chi connectivity index (χ1v) is 8.62. The highest BCUT2D eigenvalue weighted by molar-refractivity contribution is 6.42. The third-order valence-corrected chi connectivity index (χ3v) is 4.41. The van der Waals surface area contributed by atoms with Crippen LogP contribution in [-0.2, 0) is 9.59 Å². The van der Waals surface area contributed by atoms with E-state index in [1.54, 1.807) is 12.0 Å². The van der Waals surface area contributed by atoms with E-state index in [0.717, 1.165) is 11.4 Å². The summed E-state index contributed by atoms with van der Waals surface area (Å²) < 4.78 is 10.3. The van der Waals surface area contributed by atoms with E-state index in [1.807, 2.05) is 24.3 Å². The molecule has 0 aliphatic carbocycles. The monoisotopic (exact) mass is 371 g/mol. The number of ketones is 1. The molecule has 2 heterocycles. The molecule has 2 amide bonds. The van der Waals surface area contributed by atoms with Gasteiger partial charge in [0.25, 0.3) is 11.7 Å². The van der Waals surface area contributed by atoms with Crippen molar-refractivity contribution in [3.8, 4) is 5.75 Å². The van der Waals surface area contributed by atoms with Crippen molar-refractivity contribution in [1.82, 2.24) is 10.2 Å². The average molecular weight is 371 g/mol. The van der Waals surface area contributed by atoms with Gasteiger partial charge >= 0.3 is 0 Å². The Kier molecular flexibility index (Phi) is 5.75. The van der Waals surface area contributed by atoms with Crippen LogP contribution in [0.5, 0.6) is 5.75 Å². The Balaban J connectivity index is 1.48. The first-order chi connectivity index (χ1) is 13.1. The number of hydrogen-bond donors (Lipinski definition) is 1. The number of rotatable bonds is 6. The van der Waals surface area contributed by atoms with E-state index in [1.165, 1.54) is 18.4 Å². The number of anilines is 1. The molecule has 3 rings (SSSR count). The van der Waals surface area contributed by atoms with Crippen LogP contribution < -0.4 is 15.0 Å². The molecule has 0 spiro atoms. The lowest BCUT2D eigenvalue weighted by Gasteiger charge is -2.36. The van der Waals surface area contributed by atoms with Gasteiger partial charge in [-0.05, 0) is 24.3 Å². The Morgan fingerprint density at radius 2 is 1.81 bits per heavy atom. The Morgan fingerprint density at radius 1 is 1.07 bits per heavy atom. The molecule has 2 aromatic rings. The van der Waals surface area contributed by atoms with Gasteiger partial charge < -0.3 is 24.3 Å². The summed E-state index contributed by atoms with van der Waals surface area (Å²) in [5.41, 5.74) is 0.990. The highest BCUT2D eigenvalue weighted by Crippen LogP contribution is 2.28. The van der Waals surface area contributed by atoms with Crippen molar-refractivity contribution in [2.45, 2.75) is 0 Å². The predicted molar refractivity (Wildman–Crippen MR) is 97.8 cm³/mol. The lowest BCUT2D eigenvalue weighted by Crippen LogP contribution is -2.51. The minimum absolute atomic E-state index is 0.0506. The normalized spacial score (nSPS) is 14.0. The van der Waals surface area contributed by atoms with Crippen molar-refractivity contribution in [3.05, 3.63) is 48.4 Å². The van der Waals surface area contributed by atoms with Gasteiger partial charge in [0.1, 0.15) is 5.75 Å². The zero-order valence-electron chi connectivity index (χ0n) is 15.0. The summed E-state index contributed by atoms with van der Waals surface area (Å²) in [6.45, 7) is 2.15. The topological polar surface area (TPSA) is 92.1 Å². The summed E-state index contributed by atoms with van der Waals surface area (Å²) in [6.07, 6.45) is 1.31. The first-order valence-electron chi connectivity index (χ1n) is 8.62. The number of methoxy groups -OCH3 is 1. The zero-order chi connectivity index (χ0) is 19.2. The van der Waals surface area contributed by atoms with Gasteiger partial charge in [-0.25, -0.2) is 0 Å². The standard InChI is InChI=1S/C19H21N3O5/c1-26-15-6-3-2-5-14(15)21-8-10-22(11-9-21)17(23)13-20-19(25)18(24)16-7-4-12-27-16/h2-7,12H,8-11,13H2,1H3,(H,20,25). The van der Waals surface area contributed by atoms with Gasteiger partial charge in [0.05, 0.1) is 25.6 Å². The third kappa shape index (κ3) is 4.28. The summed E-state index contributed by atoms with van der Waals surface area (Å²) in [5.74, 6) is -1.14. The SMILES string of the molecule is COc1ccccc1N1CCN(C(=O)CNC(=O)C(=O)c2ccco2)CC1. The molecule has 8 nitrogen and oxygen atoms in total. The van der Waals surface area contributed by atoms with Gasteiger partial charge in [-0.1, -0.05) is 12.1 Å². The lowest BCUT2D eigenvalue weighted by atomic mass is 10.2. The highest BCUT2D eigenvalue weighted by Gasteiger charge is 2.24. The van der Waals surface area contributed by atoms with Gasteiger partial charge in [0.2, 0.25) is 5.91 Å². The molecule has 1 aliphatic rings. The molecule has 0 saturated carbocycles. The Bertz CT molecular complexity index is 811. The van der Waals surface area contributed by atoms with Crippen molar-refractivity contribution < 1.29 is 23.5 Å². The average Bonchev–Trinajstić information content (AvgIpc) is 3.26. The van der Waals surface area contributed by atoms with Crippen LogP contribution in [0.25, 0.3) is 0 Å². The number of carbonyl (C=O) groups excluding carboxylic acids is 3. The van der Waals surface area contributed by atoms with Crippen LogP contribution in [0.1, 0.15) is 10.6 Å². The quantitative estimate of drug-likeness (QED) is 0.600. The van der Waals surface area contributed by atoms with Crippen molar-refractivity contribution in [3.63, 3.8) is 0 Å². The number of para-hydroxylation sites is 2. The Labute approximate surface area is 156 Å². The third-order valence-electron chi connectivity index (χ3n) is 4.41. The van der Waals surface area contributed by atoms with Crippen LogP contribution in [0.15, 0.2) is 47.1 Å². The second-order valence-corrected chi connectivity index (χ2v) is 6.03. The summed E-state index contributed by atoms with van der Waals surface area (Å²) in [7, 11) is 1.63. The molecule has 27 heavy (non-hydrogen) atoms. The Morgan fingerprint density at radius 3 is 2.48 bits per heavy atom. The largest absolute Gasteiger partial charge is 0.495 e. The van der Waals surface area contributed by atoms with Crippen LogP contribution in [0.2, 0.25) is 0 Å². The lowest BCUT2D eigenvalue weighted by molar-refractivity contribution is -0.132. The fraction of sp³-hybridized carbons (Fsp3) is 0.316. The highest BCUT2D eigenvalue weighted by atomic mass is 16.5. The van der Waals surface area contributed by atoms with Crippen molar-refractivity contribution >= 4 is 23.3 Å². The summed E-state index contributed by atoms with van der Waals surface area (Å²) in [4.78, 5) is 39.8. The van der Waals surface area contributed by atoms with Crippen LogP contribution >= 0.6 is 0 Å². The molecule has 1 aliphatic heterocycles. The van der Waals surface area contributed by atoms with Crippen molar-refractivity contribution in [1.29, 1.82) is 0 Å². The van der Waals surface area contributed by atoms with E-state index in [2.05, 4.69) is 10.2 Å². The maximum Gasteiger partial charge on any atom is 0.296 e. The fourth-order valence-corrected chi connectivity index (χ4v) is 2.96. The molecule has 1 aromatic heterocycles. The molecular weight excluding hydrogens is 350 g/mol. The summed E-state index contributed by atoms with van der Waals surface area (Å²) in [6, 6.07) is 10.7. The maximum atomic E-state index is 12.3. The van der Waals surface area contributed by atoms with Gasteiger partial charge in [-0.15, -0.1) is 0 Å². The number of nitrogens with zero attached hydrogens (tertiary/aromatic N) is 2. The van der Waals surface area contributed by atoms with Gasteiger partial charge in [0, 0.05) is 26.2 Å². The minimum atomic E-state index is -0.856. The molecule has 0 unspecified atom stereocenters. The van der Waals surface area contributed by atoms with Crippen LogP contribution in [-0.4, -0.2) is 62.3 Å². The van der Waals surface area contributed by atoms with E-state index >= 15 is 0 Å². The van der Waals surface area contributed by atoms with E-state index < -0.39 is 11.7 Å². The van der Waals surface area contributed by atoms with E-state index in [0.29, 0.717) is 26.2 Å². The predicted octanol–water partition coefficient (Wildman–Crippen LogP) is 0.936. The number of Topliss-reactive ketones (excluding diaryl/α,β-unsaturated/α-hetero) is 1. The molecule has 8 heteroatoms. The number of benzene rings is 1.